The summed E-state index contributed by atoms with van der Waals surface area (Å²) in [5.41, 5.74) is 0.304. The van der Waals surface area contributed by atoms with E-state index < -0.39 is 6.04 Å². The molecule has 0 aliphatic rings. The zero-order valence-electron chi connectivity index (χ0n) is 8.79. The third-order valence-electron chi connectivity index (χ3n) is 1.89. The number of carbonyl (C=O) groups is 1. The quantitative estimate of drug-likeness (QED) is 0.776. The molecule has 0 bridgehead atoms. The normalized spacial score (nSPS) is 11.9. The molecule has 1 rings (SSSR count). The van der Waals surface area contributed by atoms with E-state index in [2.05, 4.69) is 5.32 Å². The van der Waals surface area contributed by atoms with Gasteiger partial charge in [-0.15, -0.1) is 0 Å². The van der Waals surface area contributed by atoms with Crippen molar-refractivity contribution in [3.8, 4) is 0 Å². The topological polar surface area (TPSA) is 38.3 Å². The minimum atomic E-state index is -0.554. The van der Waals surface area contributed by atoms with Crippen LogP contribution in [0.15, 0.2) is 24.3 Å². The lowest BCUT2D eigenvalue weighted by molar-refractivity contribution is -0.143. The Bertz CT molecular complexity index is 341. The molecule has 0 saturated heterocycles. The number of rotatable bonds is 4. The fourth-order valence-electron chi connectivity index (χ4n) is 1.14. The highest BCUT2D eigenvalue weighted by molar-refractivity contribution is 5.78. The average Bonchev–Trinajstić information content (AvgIpc) is 2.21. The summed E-state index contributed by atoms with van der Waals surface area (Å²) in [6, 6.07) is 5.64. The van der Waals surface area contributed by atoms with Crippen LogP contribution >= 0.6 is 0 Å². The molecule has 0 fully saturated rings. The van der Waals surface area contributed by atoms with Gasteiger partial charge in [-0.2, -0.15) is 0 Å². The summed E-state index contributed by atoms with van der Waals surface area (Å²) in [6.07, 6.45) is 0. The van der Waals surface area contributed by atoms with Gasteiger partial charge in [-0.25, -0.2) is 9.18 Å². The van der Waals surface area contributed by atoms with Crippen LogP contribution in [0, 0.1) is 5.82 Å². The van der Waals surface area contributed by atoms with Crippen molar-refractivity contribution in [2.75, 3.05) is 11.9 Å². The second-order valence-electron chi connectivity index (χ2n) is 3.10. The van der Waals surface area contributed by atoms with Crippen molar-refractivity contribution < 1.29 is 13.9 Å². The number of carbonyl (C=O) groups excluding carboxylic acids is 1. The molecule has 15 heavy (non-hydrogen) atoms. The molecule has 0 radical (unpaired) electrons. The Morgan fingerprint density at radius 2 is 2.20 bits per heavy atom. The summed E-state index contributed by atoms with van der Waals surface area (Å²) in [6.45, 7) is 3.68. The highest BCUT2D eigenvalue weighted by atomic mass is 19.1. The molecule has 1 unspecified atom stereocenters. The Kier molecular flexibility index (Phi) is 4.09. The molecule has 0 aliphatic heterocycles. The number of halogens is 1. The highest BCUT2D eigenvalue weighted by Gasteiger charge is 2.14. The van der Waals surface area contributed by atoms with Crippen LogP contribution in [0.3, 0.4) is 0 Å². The van der Waals surface area contributed by atoms with Crippen molar-refractivity contribution in [3.05, 3.63) is 30.1 Å². The van der Waals surface area contributed by atoms with Gasteiger partial charge in [0, 0.05) is 0 Å². The first kappa shape index (κ1) is 11.5. The minimum Gasteiger partial charge on any atom is -0.464 e. The maximum absolute atomic E-state index is 13.2. The van der Waals surface area contributed by atoms with Gasteiger partial charge in [0.05, 0.1) is 12.3 Å². The molecule has 0 aliphatic carbocycles. The summed E-state index contributed by atoms with van der Waals surface area (Å²) in [7, 11) is 0. The Morgan fingerprint density at radius 3 is 2.80 bits per heavy atom. The first-order chi connectivity index (χ1) is 7.15. The average molecular weight is 211 g/mol. The van der Waals surface area contributed by atoms with Crippen LogP contribution < -0.4 is 5.32 Å². The summed E-state index contributed by atoms with van der Waals surface area (Å²) in [4.78, 5) is 11.3. The molecule has 1 N–H and O–H groups in total. The third-order valence-corrected chi connectivity index (χ3v) is 1.89. The number of anilines is 1. The smallest absolute Gasteiger partial charge is 0.328 e. The van der Waals surface area contributed by atoms with E-state index in [0.29, 0.717) is 12.3 Å². The molecule has 82 valence electrons. The van der Waals surface area contributed by atoms with Gasteiger partial charge in [0.15, 0.2) is 0 Å². The van der Waals surface area contributed by atoms with Crippen LogP contribution in [0.5, 0.6) is 0 Å². The second kappa shape index (κ2) is 5.34. The Labute approximate surface area is 88.2 Å². The number of para-hydroxylation sites is 1. The lowest BCUT2D eigenvalue weighted by atomic mass is 10.2. The maximum Gasteiger partial charge on any atom is 0.328 e. The van der Waals surface area contributed by atoms with Crippen LogP contribution in [0.1, 0.15) is 13.8 Å². The number of nitrogens with one attached hydrogen (secondary N) is 1. The van der Waals surface area contributed by atoms with Crippen LogP contribution in [0.2, 0.25) is 0 Å². The first-order valence-corrected chi connectivity index (χ1v) is 4.83. The fourth-order valence-corrected chi connectivity index (χ4v) is 1.14. The van der Waals surface area contributed by atoms with Gasteiger partial charge in [0.2, 0.25) is 0 Å². The number of esters is 1. The van der Waals surface area contributed by atoms with Crippen LogP contribution in [0.25, 0.3) is 0 Å². The van der Waals surface area contributed by atoms with Gasteiger partial charge in [-0.05, 0) is 26.0 Å². The number of hydrogen-bond donors (Lipinski definition) is 1. The van der Waals surface area contributed by atoms with Crippen molar-refractivity contribution >= 4 is 11.7 Å². The molecule has 4 heteroatoms. The predicted molar refractivity (Wildman–Crippen MR) is 56.1 cm³/mol. The van der Waals surface area contributed by atoms with Crippen molar-refractivity contribution in [3.63, 3.8) is 0 Å². The molecular formula is C11H14FNO2. The van der Waals surface area contributed by atoms with E-state index >= 15 is 0 Å². The van der Waals surface area contributed by atoms with E-state index in [4.69, 9.17) is 4.74 Å². The lowest BCUT2D eigenvalue weighted by Crippen LogP contribution is -2.28. The molecule has 0 saturated carbocycles. The second-order valence-corrected chi connectivity index (χ2v) is 3.10. The van der Waals surface area contributed by atoms with Crippen LogP contribution in [0.4, 0.5) is 10.1 Å². The molecule has 0 heterocycles. The van der Waals surface area contributed by atoms with E-state index in [9.17, 15) is 9.18 Å². The Morgan fingerprint density at radius 1 is 1.53 bits per heavy atom. The molecule has 1 atom stereocenters. The van der Waals surface area contributed by atoms with Crippen LogP contribution in [-0.2, 0) is 9.53 Å². The Hall–Kier alpha value is -1.58. The zero-order valence-corrected chi connectivity index (χ0v) is 8.79. The van der Waals surface area contributed by atoms with Gasteiger partial charge >= 0.3 is 5.97 Å². The number of ether oxygens (including phenoxy) is 1. The van der Waals surface area contributed by atoms with Crippen LogP contribution in [-0.4, -0.2) is 18.6 Å². The van der Waals surface area contributed by atoms with Gasteiger partial charge < -0.3 is 10.1 Å². The SMILES string of the molecule is CCOC(=O)C(C)Nc1ccccc1F. The van der Waals surface area contributed by atoms with Gasteiger partial charge in [0.25, 0.3) is 0 Å². The predicted octanol–water partition coefficient (Wildman–Crippen LogP) is 2.19. The molecule has 1 aromatic carbocycles. The zero-order chi connectivity index (χ0) is 11.3. The molecule has 0 spiro atoms. The van der Waals surface area contributed by atoms with Gasteiger partial charge in [-0.3, -0.25) is 0 Å². The monoisotopic (exact) mass is 211 g/mol. The summed E-state index contributed by atoms with van der Waals surface area (Å²) < 4.78 is 18.0. The third kappa shape index (κ3) is 3.23. The maximum atomic E-state index is 13.2. The number of hydrogen-bond acceptors (Lipinski definition) is 3. The van der Waals surface area contributed by atoms with E-state index in [-0.39, 0.29) is 11.8 Å². The van der Waals surface area contributed by atoms with E-state index in [1.165, 1.54) is 6.07 Å². The summed E-state index contributed by atoms with van der Waals surface area (Å²) in [5, 5.41) is 2.75. The van der Waals surface area contributed by atoms with E-state index in [1.54, 1.807) is 32.0 Å². The lowest BCUT2D eigenvalue weighted by Gasteiger charge is -2.14. The van der Waals surface area contributed by atoms with E-state index in [1.807, 2.05) is 0 Å². The molecular weight excluding hydrogens is 197 g/mol. The summed E-state index contributed by atoms with van der Waals surface area (Å²) >= 11 is 0. The summed E-state index contributed by atoms with van der Waals surface area (Å²) in [5.74, 6) is -0.769. The fraction of sp³-hybridized carbons (Fsp3) is 0.364. The molecule has 1 aromatic rings. The first-order valence-electron chi connectivity index (χ1n) is 4.83. The Balaban J connectivity index is 2.62. The van der Waals surface area contributed by atoms with Crippen molar-refractivity contribution in [1.82, 2.24) is 0 Å². The molecule has 3 nitrogen and oxygen atoms in total. The number of benzene rings is 1. The minimum absolute atomic E-state index is 0.304. The highest BCUT2D eigenvalue weighted by Crippen LogP contribution is 2.13. The van der Waals surface area contributed by atoms with E-state index in [0.717, 1.165) is 0 Å². The largest absolute Gasteiger partial charge is 0.464 e. The molecule has 0 amide bonds. The van der Waals surface area contributed by atoms with Crippen molar-refractivity contribution in [1.29, 1.82) is 0 Å². The van der Waals surface area contributed by atoms with Crippen molar-refractivity contribution in [2.45, 2.75) is 19.9 Å². The molecule has 0 aromatic heterocycles. The standard InChI is InChI=1S/C11H14FNO2/c1-3-15-11(14)8(2)13-10-7-5-4-6-9(10)12/h4-8,13H,3H2,1-2H3. The van der Waals surface area contributed by atoms with Gasteiger partial charge in [0.1, 0.15) is 11.9 Å². The van der Waals surface area contributed by atoms with Crippen molar-refractivity contribution in [2.24, 2.45) is 0 Å². The van der Waals surface area contributed by atoms with Gasteiger partial charge in [-0.1, -0.05) is 12.1 Å².